The van der Waals surface area contributed by atoms with E-state index in [1.54, 1.807) is 58.0 Å². The summed E-state index contributed by atoms with van der Waals surface area (Å²) in [6.45, 7) is 10.9. The molecule has 2 N–H and O–H groups in total. The van der Waals surface area contributed by atoms with E-state index in [4.69, 9.17) is 18.9 Å². The zero-order chi connectivity index (χ0) is 31.0. The van der Waals surface area contributed by atoms with Crippen molar-refractivity contribution < 1.29 is 48.3 Å². The summed E-state index contributed by atoms with van der Waals surface area (Å²) >= 11 is 0. The maximum absolute atomic E-state index is 15.0. The van der Waals surface area contributed by atoms with Gasteiger partial charge in [0.15, 0.2) is 17.5 Å². The average Bonchev–Trinajstić information content (AvgIpc) is 2.90. The lowest BCUT2D eigenvalue weighted by atomic mass is 9.43. The van der Waals surface area contributed by atoms with Gasteiger partial charge in [-0.1, -0.05) is 45.9 Å². The number of ether oxygens (including phenoxy) is 4. The van der Waals surface area contributed by atoms with Gasteiger partial charge in [-0.05, 0) is 42.5 Å². The van der Waals surface area contributed by atoms with E-state index in [1.165, 1.54) is 13.8 Å². The fraction of sp³-hybridized carbons (Fsp3) is 0.625. The molecule has 1 saturated heterocycles. The Morgan fingerprint density at radius 1 is 1.02 bits per heavy atom. The Bertz CT molecular complexity index is 1350. The summed E-state index contributed by atoms with van der Waals surface area (Å²) in [5.74, 6) is -4.10. The van der Waals surface area contributed by atoms with Crippen LogP contribution < -0.4 is 0 Å². The monoisotopic (exact) mass is 584 g/mol. The van der Waals surface area contributed by atoms with Crippen LogP contribution in [0, 0.1) is 22.7 Å². The van der Waals surface area contributed by atoms with Crippen LogP contribution in [0.25, 0.3) is 0 Å². The highest BCUT2D eigenvalue weighted by molar-refractivity contribution is 5.95. The summed E-state index contributed by atoms with van der Waals surface area (Å²) < 4.78 is 24.0. The zero-order valence-corrected chi connectivity index (χ0v) is 25.1. The number of aliphatic hydroxyl groups excluding tert-OH is 1. The molecule has 2 bridgehead atoms. The summed E-state index contributed by atoms with van der Waals surface area (Å²) in [6.07, 6.45) is -4.67. The van der Waals surface area contributed by atoms with Crippen LogP contribution >= 0.6 is 0 Å². The van der Waals surface area contributed by atoms with Crippen LogP contribution in [0.2, 0.25) is 0 Å². The predicted molar refractivity (Wildman–Crippen MR) is 148 cm³/mol. The summed E-state index contributed by atoms with van der Waals surface area (Å²) in [6, 6.07) is 8.26. The molecular formula is C32H40O10. The molecule has 0 amide bonds. The lowest BCUT2D eigenvalue weighted by Gasteiger charge is -2.68. The van der Waals surface area contributed by atoms with Crippen molar-refractivity contribution in [2.75, 3.05) is 6.61 Å². The maximum atomic E-state index is 15.0. The van der Waals surface area contributed by atoms with Crippen molar-refractivity contribution in [3.8, 4) is 0 Å². The largest absolute Gasteiger partial charge is 0.455 e. The predicted octanol–water partition coefficient (Wildman–Crippen LogP) is 2.93. The van der Waals surface area contributed by atoms with E-state index in [-0.39, 0.29) is 24.2 Å². The second-order valence-electron chi connectivity index (χ2n) is 13.2. The van der Waals surface area contributed by atoms with Crippen molar-refractivity contribution in [3.63, 3.8) is 0 Å². The SMILES string of the molecule is CC(=O)O[C@H]1C(=O)[C@]2(C)C(C)C[C@H]3OC[C@@]3(OC(C)=O)C2[C@H](OC(=O)c2ccccc2)[C@]2(O)C[C@H](O)C(C)=C1C2(C)C. The van der Waals surface area contributed by atoms with Gasteiger partial charge >= 0.3 is 17.9 Å². The highest BCUT2D eigenvalue weighted by Crippen LogP contribution is 2.65. The van der Waals surface area contributed by atoms with E-state index in [2.05, 4.69) is 0 Å². The third kappa shape index (κ3) is 4.09. The Morgan fingerprint density at radius 2 is 1.67 bits per heavy atom. The summed E-state index contributed by atoms with van der Waals surface area (Å²) in [4.78, 5) is 53.8. The number of aliphatic hydroxyl groups is 2. The van der Waals surface area contributed by atoms with Crippen molar-refractivity contribution in [3.05, 3.63) is 47.0 Å². The molecule has 0 radical (unpaired) electrons. The fourth-order valence-electron chi connectivity index (χ4n) is 8.20. The van der Waals surface area contributed by atoms with E-state index in [9.17, 15) is 29.4 Å². The lowest BCUT2D eigenvalue weighted by molar-refractivity contribution is -0.340. The smallest absolute Gasteiger partial charge is 0.338 e. The zero-order valence-electron chi connectivity index (χ0n) is 25.1. The van der Waals surface area contributed by atoms with Gasteiger partial charge < -0.3 is 29.2 Å². The summed E-state index contributed by atoms with van der Waals surface area (Å²) in [5, 5.41) is 24.3. The molecule has 3 fully saturated rings. The Morgan fingerprint density at radius 3 is 2.21 bits per heavy atom. The van der Waals surface area contributed by atoms with Crippen LogP contribution in [0.1, 0.15) is 71.7 Å². The molecule has 10 nitrogen and oxygen atoms in total. The van der Waals surface area contributed by atoms with E-state index < -0.39 is 82.0 Å². The molecule has 1 aliphatic heterocycles. The molecule has 1 aromatic carbocycles. The first kappa shape index (κ1) is 30.4. The van der Waals surface area contributed by atoms with Crippen LogP contribution in [-0.4, -0.2) is 76.1 Å². The van der Waals surface area contributed by atoms with Crippen molar-refractivity contribution >= 4 is 23.7 Å². The van der Waals surface area contributed by atoms with Gasteiger partial charge in [0.05, 0.1) is 24.2 Å². The van der Waals surface area contributed by atoms with Crippen molar-refractivity contribution in [2.24, 2.45) is 22.7 Å². The highest BCUT2D eigenvalue weighted by Gasteiger charge is 2.77. The third-order valence-electron chi connectivity index (χ3n) is 10.7. The minimum atomic E-state index is -2.00. The molecule has 42 heavy (non-hydrogen) atoms. The molecule has 1 aromatic rings. The van der Waals surface area contributed by atoms with Gasteiger partial charge in [0.2, 0.25) is 0 Å². The first-order chi connectivity index (χ1) is 19.5. The van der Waals surface area contributed by atoms with Crippen LogP contribution in [0.3, 0.4) is 0 Å². The standard InChI is InChI=1S/C32H40O10/c1-16-13-22-31(15-39-22,42-19(4)34)25-27(41-28(37)20-11-9-8-10-12-20)32(38)14-21(35)17(2)23(29(32,5)6)24(40-18(3)33)26(36)30(16,25)7/h8-12,16,21-22,24-25,27,35,38H,13-15H2,1-7H3/t16?,21-,22+,24+,25?,27-,30+,31-,32+/m0/s1. The number of benzene rings is 1. The molecule has 0 spiro atoms. The summed E-state index contributed by atoms with van der Waals surface area (Å²) in [5.41, 5.74) is -5.32. The van der Waals surface area contributed by atoms with Gasteiger partial charge in [-0.2, -0.15) is 0 Å². The number of carbonyl (C=O) groups is 4. The maximum Gasteiger partial charge on any atom is 0.338 e. The average molecular weight is 585 g/mol. The van der Waals surface area contributed by atoms with Gasteiger partial charge in [-0.15, -0.1) is 0 Å². The Balaban J connectivity index is 1.84. The number of carbonyl (C=O) groups excluding carboxylic acids is 4. The molecule has 2 unspecified atom stereocenters. The number of Topliss-reactive ketones (excluding diaryl/α,β-unsaturated/α-hetero) is 1. The van der Waals surface area contributed by atoms with E-state index in [1.807, 2.05) is 6.92 Å². The van der Waals surface area contributed by atoms with Crippen LogP contribution in [0.15, 0.2) is 41.5 Å². The second kappa shape index (κ2) is 9.99. The lowest BCUT2D eigenvalue weighted by Crippen LogP contribution is -2.80. The van der Waals surface area contributed by atoms with Gasteiger partial charge in [-0.25, -0.2) is 4.79 Å². The van der Waals surface area contributed by atoms with Gasteiger partial charge in [-0.3, -0.25) is 14.4 Å². The minimum Gasteiger partial charge on any atom is -0.455 e. The second-order valence-corrected chi connectivity index (χ2v) is 13.2. The van der Waals surface area contributed by atoms with Gasteiger partial charge in [0.1, 0.15) is 17.8 Å². The molecule has 5 rings (SSSR count). The van der Waals surface area contributed by atoms with Crippen LogP contribution in [0.4, 0.5) is 0 Å². The number of rotatable bonds is 4. The number of fused-ring (bicyclic) bond motifs is 5. The number of hydrogen-bond donors (Lipinski definition) is 2. The van der Waals surface area contributed by atoms with E-state index >= 15 is 0 Å². The molecule has 1 heterocycles. The first-order valence-electron chi connectivity index (χ1n) is 14.4. The molecule has 9 atom stereocenters. The Hall–Kier alpha value is -3.08. The molecule has 3 aliphatic carbocycles. The van der Waals surface area contributed by atoms with E-state index in [0.717, 1.165) is 0 Å². The molecule has 0 aromatic heterocycles. The highest BCUT2D eigenvalue weighted by atomic mass is 16.6. The number of esters is 3. The molecule has 4 aliphatic rings. The number of hydrogen-bond acceptors (Lipinski definition) is 10. The molecule has 2 saturated carbocycles. The minimum absolute atomic E-state index is 0.0874. The number of ketones is 1. The quantitative estimate of drug-likeness (QED) is 0.308. The molecular weight excluding hydrogens is 544 g/mol. The topological polar surface area (TPSA) is 146 Å². The van der Waals surface area contributed by atoms with Gasteiger partial charge in [0, 0.05) is 31.1 Å². The van der Waals surface area contributed by atoms with Crippen molar-refractivity contribution in [1.29, 1.82) is 0 Å². The Kier molecular flexibility index (Phi) is 7.23. The fourth-order valence-corrected chi connectivity index (χ4v) is 8.20. The first-order valence-corrected chi connectivity index (χ1v) is 14.4. The van der Waals surface area contributed by atoms with Crippen molar-refractivity contribution in [2.45, 2.75) is 96.9 Å². The Labute approximate surface area is 245 Å². The van der Waals surface area contributed by atoms with Crippen LogP contribution in [0.5, 0.6) is 0 Å². The molecule has 228 valence electrons. The third-order valence-corrected chi connectivity index (χ3v) is 10.7. The normalized spacial score (nSPS) is 40.4. The van der Waals surface area contributed by atoms with Crippen molar-refractivity contribution in [1.82, 2.24) is 0 Å². The van der Waals surface area contributed by atoms with Gasteiger partial charge in [0.25, 0.3) is 0 Å². The van der Waals surface area contributed by atoms with Crippen LogP contribution in [-0.2, 0) is 33.3 Å². The molecule has 10 heteroatoms. The van der Waals surface area contributed by atoms with E-state index in [0.29, 0.717) is 12.0 Å². The summed E-state index contributed by atoms with van der Waals surface area (Å²) in [7, 11) is 0.